The molecular formula is C15H23N3O. The van der Waals surface area contributed by atoms with E-state index in [1.165, 1.54) is 11.1 Å². The molecule has 0 saturated heterocycles. The van der Waals surface area contributed by atoms with E-state index in [0.717, 1.165) is 32.4 Å². The second-order valence-electron chi connectivity index (χ2n) is 5.26. The summed E-state index contributed by atoms with van der Waals surface area (Å²) in [5.41, 5.74) is 5.13. The number of hydrogen-bond donors (Lipinski definition) is 2. The van der Waals surface area contributed by atoms with Gasteiger partial charge >= 0.3 is 0 Å². The number of amides is 1. The van der Waals surface area contributed by atoms with E-state index in [0.29, 0.717) is 12.5 Å². The fourth-order valence-corrected chi connectivity index (χ4v) is 2.72. The summed E-state index contributed by atoms with van der Waals surface area (Å²) in [6, 6.07) is 9.11. The fourth-order valence-electron chi connectivity index (χ4n) is 2.72. The van der Waals surface area contributed by atoms with E-state index in [2.05, 4.69) is 41.5 Å². The molecule has 0 spiro atoms. The van der Waals surface area contributed by atoms with Crippen molar-refractivity contribution in [3.05, 3.63) is 35.4 Å². The lowest BCUT2D eigenvalue weighted by Crippen LogP contribution is -2.37. The van der Waals surface area contributed by atoms with Crippen molar-refractivity contribution in [1.82, 2.24) is 10.3 Å². The molecule has 0 radical (unpaired) electrons. The van der Waals surface area contributed by atoms with Crippen molar-refractivity contribution < 1.29 is 4.79 Å². The highest BCUT2D eigenvalue weighted by Crippen LogP contribution is 2.18. The predicted octanol–water partition coefficient (Wildman–Crippen LogP) is 1.25. The molecule has 0 saturated carbocycles. The molecule has 0 aliphatic carbocycles. The minimum Gasteiger partial charge on any atom is -0.300 e. The van der Waals surface area contributed by atoms with Gasteiger partial charge in [-0.1, -0.05) is 24.3 Å². The number of nitrogens with one attached hydrogen (secondary N) is 1. The minimum absolute atomic E-state index is 0.0787. The van der Waals surface area contributed by atoms with Gasteiger partial charge in [-0.25, -0.2) is 5.84 Å². The lowest BCUT2D eigenvalue weighted by atomic mass is 10.0. The van der Waals surface area contributed by atoms with Gasteiger partial charge in [0.1, 0.15) is 0 Å². The van der Waals surface area contributed by atoms with Crippen LogP contribution in [0.5, 0.6) is 0 Å². The molecule has 4 nitrogen and oxygen atoms in total. The molecule has 1 aromatic carbocycles. The van der Waals surface area contributed by atoms with Crippen molar-refractivity contribution >= 4 is 5.91 Å². The van der Waals surface area contributed by atoms with E-state index in [1.807, 2.05) is 0 Å². The van der Waals surface area contributed by atoms with Gasteiger partial charge in [0.25, 0.3) is 0 Å². The highest BCUT2D eigenvalue weighted by atomic mass is 16.2. The number of hydrogen-bond acceptors (Lipinski definition) is 3. The molecule has 1 heterocycles. The van der Waals surface area contributed by atoms with Crippen LogP contribution < -0.4 is 11.3 Å². The van der Waals surface area contributed by atoms with E-state index < -0.39 is 0 Å². The summed E-state index contributed by atoms with van der Waals surface area (Å²) >= 11 is 0. The summed E-state index contributed by atoms with van der Waals surface area (Å²) in [5, 5.41) is 0. The molecular weight excluding hydrogens is 238 g/mol. The summed E-state index contributed by atoms with van der Waals surface area (Å²) in [4.78, 5) is 13.7. The van der Waals surface area contributed by atoms with Crippen molar-refractivity contribution in [2.75, 3.05) is 13.1 Å². The number of benzene rings is 1. The van der Waals surface area contributed by atoms with Crippen LogP contribution in [-0.2, 0) is 17.6 Å². The largest absolute Gasteiger partial charge is 0.300 e. The standard InChI is InChI=1S/C15H23N3O/c1-12(6-7-15(19)17-16)18-10-8-13-4-2-3-5-14(13)9-11-18/h2-5,12H,6-11,16H2,1H3,(H,17,19). The van der Waals surface area contributed by atoms with Gasteiger partial charge in [0.05, 0.1) is 0 Å². The number of carbonyl (C=O) groups excluding carboxylic acids is 1. The molecule has 104 valence electrons. The summed E-state index contributed by atoms with van der Waals surface area (Å²) < 4.78 is 0. The molecule has 0 aromatic heterocycles. The highest BCUT2D eigenvalue weighted by Gasteiger charge is 2.18. The Hall–Kier alpha value is -1.39. The van der Waals surface area contributed by atoms with Gasteiger partial charge in [0, 0.05) is 25.6 Å². The minimum atomic E-state index is -0.0787. The Balaban J connectivity index is 1.88. The fraction of sp³-hybridized carbons (Fsp3) is 0.533. The van der Waals surface area contributed by atoms with Crippen LogP contribution in [0.2, 0.25) is 0 Å². The van der Waals surface area contributed by atoms with Crippen molar-refractivity contribution in [3.63, 3.8) is 0 Å². The van der Waals surface area contributed by atoms with Crippen LogP contribution in [0.4, 0.5) is 0 Å². The zero-order valence-corrected chi connectivity index (χ0v) is 11.6. The van der Waals surface area contributed by atoms with Gasteiger partial charge in [0.15, 0.2) is 0 Å². The molecule has 4 heteroatoms. The monoisotopic (exact) mass is 261 g/mol. The topological polar surface area (TPSA) is 58.4 Å². The van der Waals surface area contributed by atoms with Crippen molar-refractivity contribution in [2.45, 2.75) is 38.6 Å². The van der Waals surface area contributed by atoms with Gasteiger partial charge < -0.3 is 0 Å². The SMILES string of the molecule is CC(CCC(=O)NN)N1CCc2ccccc2CC1. The molecule has 2 rings (SSSR count). The maximum Gasteiger partial charge on any atom is 0.233 e. The number of fused-ring (bicyclic) bond motifs is 1. The second-order valence-corrected chi connectivity index (χ2v) is 5.26. The second kappa shape index (κ2) is 6.68. The Bertz CT molecular complexity index is 406. The van der Waals surface area contributed by atoms with Crippen LogP contribution in [0.3, 0.4) is 0 Å². The van der Waals surface area contributed by atoms with Gasteiger partial charge in [-0.15, -0.1) is 0 Å². The van der Waals surface area contributed by atoms with Crippen LogP contribution in [0, 0.1) is 0 Å². The average Bonchev–Trinajstić information content (AvgIpc) is 2.67. The summed E-state index contributed by atoms with van der Waals surface area (Å²) in [6.07, 6.45) is 3.56. The maximum atomic E-state index is 11.2. The van der Waals surface area contributed by atoms with E-state index in [4.69, 9.17) is 5.84 Å². The van der Waals surface area contributed by atoms with E-state index in [9.17, 15) is 4.79 Å². The van der Waals surface area contributed by atoms with Crippen molar-refractivity contribution in [1.29, 1.82) is 0 Å². The first-order valence-electron chi connectivity index (χ1n) is 7.01. The first-order valence-corrected chi connectivity index (χ1v) is 7.01. The predicted molar refractivity (Wildman–Crippen MR) is 76.4 cm³/mol. The summed E-state index contributed by atoms with van der Waals surface area (Å²) in [5.74, 6) is 5.03. The van der Waals surface area contributed by atoms with Crippen molar-refractivity contribution in [2.24, 2.45) is 5.84 Å². The van der Waals surface area contributed by atoms with E-state index in [1.54, 1.807) is 0 Å². The molecule has 0 fully saturated rings. The zero-order valence-electron chi connectivity index (χ0n) is 11.6. The lowest BCUT2D eigenvalue weighted by Gasteiger charge is -2.27. The van der Waals surface area contributed by atoms with E-state index >= 15 is 0 Å². The Morgan fingerprint density at radius 3 is 2.42 bits per heavy atom. The first-order chi connectivity index (χ1) is 9.20. The summed E-state index contributed by atoms with van der Waals surface area (Å²) in [6.45, 7) is 4.34. The lowest BCUT2D eigenvalue weighted by molar-refractivity contribution is -0.121. The number of hydrazine groups is 1. The first kappa shape index (κ1) is 14.0. The van der Waals surface area contributed by atoms with E-state index in [-0.39, 0.29) is 5.91 Å². The number of carbonyl (C=O) groups is 1. The molecule has 1 aliphatic rings. The maximum absolute atomic E-state index is 11.2. The number of rotatable bonds is 4. The Labute approximate surface area is 114 Å². The smallest absolute Gasteiger partial charge is 0.233 e. The average molecular weight is 261 g/mol. The van der Waals surface area contributed by atoms with Crippen LogP contribution in [0.1, 0.15) is 30.9 Å². The third kappa shape index (κ3) is 3.78. The number of nitrogens with two attached hydrogens (primary N) is 1. The molecule has 0 bridgehead atoms. The quantitative estimate of drug-likeness (QED) is 0.487. The zero-order chi connectivity index (χ0) is 13.7. The third-order valence-corrected chi connectivity index (χ3v) is 4.03. The van der Waals surface area contributed by atoms with Gasteiger partial charge in [-0.3, -0.25) is 15.1 Å². The summed E-state index contributed by atoms with van der Waals surface area (Å²) in [7, 11) is 0. The third-order valence-electron chi connectivity index (χ3n) is 4.03. The van der Waals surface area contributed by atoms with Crippen LogP contribution >= 0.6 is 0 Å². The van der Waals surface area contributed by atoms with Crippen LogP contribution in [0.15, 0.2) is 24.3 Å². The van der Waals surface area contributed by atoms with Crippen LogP contribution in [-0.4, -0.2) is 29.9 Å². The van der Waals surface area contributed by atoms with Crippen LogP contribution in [0.25, 0.3) is 0 Å². The Kier molecular flexibility index (Phi) is 4.93. The normalized spacial score (nSPS) is 17.4. The van der Waals surface area contributed by atoms with Gasteiger partial charge in [-0.05, 0) is 37.3 Å². The Morgan fingerprint density at radius 1 is 1.32 bits per heavy atom. The van der Waals surface area contributed by atoms with Crippen molar-refractivity contribution in [3.8, 4) is 0 Å². The molecule has 1 amide bonds. The molecule has 1 aromatic rings. The Morgan fingerprint density at radius 2 is 1.89 bits per heavy atom. The molecule has 3 N–H and O–H groups in total. The molecule has 1 unspecified atom stereocenters. The molecule has 1 aliphatic heterocycles. The van der Waals surface area contributed by atoms with Gasteiger partial charge in [0.2, 0.25) is 5.91 Å². The highest BCUT2D eigenvalue weighted by molar-refractivity contribution is 5.75. The molecule has 1 atom stereocenters. The number of nitrogens with zero attached hydrogens (tertiary/aromatic N) is 1. The van der Waals surface area contributed by atoms with Gasteiger partial charge in [-0.2, -0.15) is 0 Å². The molecule has 19 heavy (non-hydrogen) atoms.